The predicted molar refractivity (Wildman–Crippen MR) is 81.4 cm³/mol. The van der Waals surface area contributed by atoms with Crippen LogP contribution in [-0.4, -0.2) is 29.9 Å². The van der Waals surface area contributed by atoms with Gasteiger partial charge in [-0.1, -0.05) is 42.5 Å². The zero-order chi connectivity index (χ0) is 13.9. The number of hydrogen-bond donors (Lipinski definition) is 1. The molecule has 0 aromatic heterocycles. The third-order valence-corrected chi connectivity index (χ3v) is 3.85. The Morgan fingerprint density at radius 2 is 1.90 bits per heavy atom. The first-order valence-electron chi connectivity index (χ1n) is 7.25. The molecule has 1 amide bonds. The highest BCUT2D eigenvalue weighted by Gasteiger charge is 2.31. The molecule has 1 aliphatic carbocycles. The van der Waals surface area contributed by atoms with Crippen molar-refractivity contribution in [1.82, 2.24) is 4.90 Å². The lowest BCUT2D eigenvalue weighted by Gasteiger charge is -2.21. The molecule has 0 bridgehead atoms. The third kappa shape index (κ3) is 2.83. The first-order valence-corrected chi connectivity index (χ1v) is 7.25. The molecule has 1 saturated carbocycles. The van der Waals surface area contributed by atoms with E-state index in [1.54, 1.807) is 0 Å². The maximum atomic E-state index is 12.4. The summed E-state index contributed by atoms with van der Waals surface area (Å²) in [6.07, 6.45) is 2.73. The van der Waals surface area contributed by atoms with Gasteiger partial charge in [-0.05, 0) is 29.2 Å². The molecule has 3 heteroatoms. The molecular formula is C17H20N2O. The van der Waals surface area contributed by atoms with Crippen LogP contribution < -0.4 is 5.73 Å². The zero-order valence-corrected chi connectivity index (χ0v) is 11.6. The smallest absolute Gasteiger partial charge is 0.227 e. The van der Waals surface area contributed by atoms with Gasteiger partial charge in [-0.3, -0.25) is 4.79 Å². The summed E-state index contributed by atoms with van der Waals surface area (Å²) in [5.74, 6) is 0.202. The molecule has 0 heterocycles. The fraction of sp³-hybridized carbons (Fsp3) is 0.353. The highest BCUT2D eigenvalue weighted by Crippen LogP contribution is 2.27. The van der Waals surface area contributed by atoms with Crippen LogP contribution in [0, 0.1) is 0 Å². The molecule has 3 rings (SSSR count). The molecule has 104 valence electrons. The minimum atomic E-state index is 0.202. The summed E-state index contributed by atoms with van der Waals surface area (Å²) in [6, 6.07) is 14.9. The van der Waals surface area contributed by atoms with E-state index in [9.17, 15) is 4.79 Å². The van der Waals surface area contributed by atoms with E-state index in [2.05, 4.69) is 24.3 Å². The number of rotatable bonds is 5. The predicted octanol–water partition coefficient (Wildman–Crippen LogP) is 2.33. The van der Waals surface area contributed by atoms with Crippen LogP contribution in [-0.2, 0) is 11.2 Å². The standard InChI is InChI=1S/C17H20N2O/c18-9-10-19(16-7-8-16)17(20)12-13-5-6-14-3-1-2-4-15(14)11-13/h1-6,11,16H,7-10,12,18H2. The molecular weight excluding hydrogens is 248 g/mol. The molecule has 0 saturated heterocycles. The highest BCUT2D eigenvalue weighted by molar-refractivity contribution is 5.85. The normalized spacial score (nSPS) is 14.4. The lowest BCUT2D eigenvalue weighted by atomic mass is 10.0. The van der Waals surface area contributed by atoms with Gasteiger partial charge in [-0.25, -0.2) is 0 Å². The van der Waals surface area contributed by atoms with Crippen molar-refractivity contribution >= 4 is 16.7 Å². The van der Waals surface area contributed by atoms with Crippen molar-refractivity contribution in [3.05, 3.63) is 48.0 Å². The van der Waals surface area contributed by atoms with Crippen molar-refractivity contribution in [3.63, 3.8) is 0 Å². The van der Waals surface area contributed by atoms with Crippen LogP contribution in [0.4, 0.5) is 0 Å². The number of carbonyl (C=O) groups excluding carboxylic acids is 1. The van der Waals surface area contributed by atoms with E-state index >= 15 is 0 Å². The zero-order valence-electron chi connectivity index (χ0n) is 11.6. The Morgan fingerprint density at radius 1 is 1.15 bits per heavy atom. The monoisotopic (exact) mass is 268 g/mol. The van der Waals surface area contributed by atoms with Crippen molar-refractivity contribution in [2.45, 2.75) is 25.3 Å². The van der Waals surface area contributed by atoms with Crippen LogP contribution in [0.1, 0.15) is 18.4 Å². The largest absolute Gasteiger partial charge is 0.338 e. The maximum Gasteiger partial charge on any atom is 0.227 e. The molecule has 0 radical (unpaired) electrons. The van der Waals surface area contributed by atoms with E-state index in [1.807, 2.05) is 23.1 Å². The van der Waals surface area contributed by atoms with Gasteiger partial charge in [0.2, 0.25) is 5.91 Å². The lowest BCUT2D eigenvalue weighted by Crippen LogP contribution is -2.38. The molecule has 1 aliphatic rings. The Kier molecular flexibility index (Phi) is 3.70. The van der Waals surface area contributed by atoms with Crippen molar-refractivity contribution in [2.75, 3.05) is 13.1 Å². The molecule has 0 aliphatic heterocycles. The minimum Gasteiger partial charge on any atom is -0.338 e. The Bertz CT molecular complexity index is 619. The number of amides is 1. The van der Waals surface area contributed by atoms with E-state index in [1.165, 1.54) is 10.8 Å². The van der Waals surface area contributed by atoms with Crippen LogP contribution >= 0.6 is 0 Å². The number of benzene rings is 2. The fourth-order valence-corrected chi connectivity index (χ4v) is 2.66. The van der Waals surface area contributed by atoms with Crippen molar-refractivity contribution in [3.8, 4) is 0 Å². The Hall–Kier alpha value is -1.87. The first-order chi connectivity index (χ1) is 9.78. The van der Waals surface area contributed by atoms with Crippen LogP contribution in [0.5, 0.6) is 0 Å². The molecule has 0 unspecified atom stereocenters. The van der Waals surface area contributed by atoms with Gasteiger partial charge in [-0.15, -0.1) is 0 Å². The molecule has 20 heavy (non-hydrogen) atoms. The first kappa shape index (κ1) is 13.1. The van der Waals surface area contributed by atoms with E-state index in [0.29, 0.717) is 25.6 Å². The molecule has 1 fully saturated rings. The molecule has 3 nitrogen and oxygen atoms in total. The lowest BCUT2D eigenvalue weighted by molar-refractivity contribution is -0.130. The number of nitrogens with two attached hydrogens (primary N) is 1. The van der Waals surface area contributed by atoms with E-state index in [-0.39, 0.29) is 5.91 Å². The minimum absolute atomic E-state index is 0.202. The summed E-state index contributed by atoms with van der Waals surface area (Å²) < 4.78 is 0. The molecule has 2 N–H and O–H groups in total. The van der Waals surface area contributed by atoms with Crippen molar-refractivity contribution in [2.24, 2.45) is 5.73 Å². The molecule has 0 spiro atoms. The summed E-state index contributed by atoms with van der Waals surface area (Å²) in [4.78, 5) is 14.3. The number of fused-ring (bicyclic) bond motifs is 1. The summed E-state index contributed by atoms with van der Waals surface area (Å²) in [6.45, 7) is 1.22. The van der Waals surface area contributed by atoms with Crippen molar-refractivity contribution < 1.29 is 4.79 Å². The second-order valence-corrected chi connectivity index (χ2v) is 5.47. The van der Waals surface area contributed by atoms with Crippen LogP contribution in [0.2, 0.25) is 0 Å². The Balaban J connectivity index is 1.76. The van der Waals surface area contributed by atoms with Gasteiger partial charge >= 0.3 is 0 Å². The van der Waals surface area contributed by atoms with Crippen LogP contribution in [0.25, 0.3) is 10.8 Å². The van der Waals surface area contributed by atoms with E-state index in [0.717, 1.165) is 18.4 Å². The van der Waals surface area contributed by atoms with Gasteiger partial charge in [0.1, 0.15) is 0 Å². The Morgan fingerprint density at radius 3 is 2.60 bits per heavy atom. The maximum absolute atomic E-state index is 12.4. The molecule has 2 aromatic rings. The molecule has 0 atom stereocenters. The second kappa shape index (κ2) is 5.63. The quantitative estimate of drug-likeness (QED) is 0.904. The molecule has 2 aromatic carbocycles. The van der Waals surface area contributed by atoms with Gasteiger partial charge in [0.25, 0.3) is 0 Å². The average Bonchev–Trinajstić information content (AvgIpc) is 3.29. The van der Waals surface area contributed by atoms with Gasteiger partial charge in [0.15, 0.2) is 0 Å². The summed E-state index contributed by atoms with van der Waals surface area (Å²) in [5, 5.41) is 2.40. The van der Waals surface area contributed by atoms with E-state index < -0.39 is 0 Å². The van der Waals surface area contributed by atoms with Gasteiger partial charge in [0, 0.05) is 19.1 Å². The topological polar surface area (TPSA) is 46.3 Å². The number of carbonyl (C=O) groups is 1. The Labute approximate surface area is 119 Å². The summed E-state index contributed by atoms with van der Waals surface area (Å²) in [5.41, 5.74) is 6.69. The average molecular weight is 268 g/mol. The SMILES string of the molecule is NCCN(C(=O)Cc1ccc2ccccc2c1)C1CC1. The van der Waals surface area contributed by atoms with Crippen LogP contribution in [0.3, 0.4) is 0 Å². The van der Waals surface area contributed by atoms with Gasteiger partial charge in [-0.2, -0.15) is 0 Å². The second-order valence-electron chi connectivity index (χ2n) is 5.47. The van der Waals surface area contributed by atoms with Gasteiger partial charge < -0.3 is 10.6 Å². The van der Waals surface area contributed by atoms with E-state index in [4.69, 9.17) is 5.73 Å². The van der Waals surface area contributed by atoms with Crippen LogP contribution in [0.15, 0.2) is 42.5 Å². The van der Waals surface area contributed by atoms with Crippen molar-refractivity contribution in [1.29, 1.82) is 0 Å². The number of nitrogens with zero attached hydrogens (tertiary/aromatic N) is 1. The summed E-state index contributed by atoms with van der Waals surface area (Å²) in [7, 11) is 0. The fourth-order valence-electron chi connectivity index (χ4n) is 2.66. The number of hydrogen-bond acceptors (Lipinski definition) is 2. The third-order valence-electron chi connectivity index (χ3n) is 3.85. The van der Waals surface area contributed by atoms with Gasteiger partial charge in [0.05, 0.1) is 6.42 Å². The highest BCUT2D eigenvalue weighted by atomic mass is 16.2. The summed E-state index contributed by atoms with van der Waals surface area (Å²) >= 11 is 0.